The van der Waals surface area contributed by atoms with Crippen LogP contribution in [-0.2, 0) is 14.3 Å². The second kappa shape index (κ2) is 13.9. The first-order valence-electron chi connectivity index (χ1n) is 7.08. The standard InChI is InChI=1S/C14H26O5.Na/c1-3-4-5-6-7-8-9-10-12(13(16)17)19-14(18)11(2)15;/h11-12,15H,3-10H2,1-2H3,(H,16,17);/q;+1/p-1. The number of carbonyl (C=O) groups excluding carboxylic acids is 2. The van der Waals surface area contributed by atoms with Crippen molar-refractivity contribution >= 4 is 11.9 Å². The first-order chi connectivity index (χ1) is 8.99. The molecule has 0 heterocycles. The zero-order valence-corrected chi connectivity index (χ0v) is 14.9. The largest absolute Gasteiger partial charge is 1.00 e. The van der Waals surface area contributed by atoms with Gasteiger partial charge in [-0.05, 0) is 19.8 Å². The number of carbonyl (C=O) groups is 2. The van der Waals surface area contributed by atoms with Gasteiger partial charge in [0.25, 0.3) is 0 Å². The molecular weight excluding hydrogens is 271 g/mol. The molecule has 0 aromatic rings. The number of carboxylic acids is 1. The average molecular weight is 296 g/mol. The molecule has 0 fully saturated rings. The second-order valence-electron chi connectivity index (χ2n) is 4.83. The predicted molar refractivity (Wildman–Crippen MR) is 69.2 cm³/mol. The van der Waals surface area contributed by atoms with Gasteiger partial charge in [0.2, 0.25) is 0 Å². The number of aliphatic hydroxyl groups is 1. The topological polar surface area (TPSA) is 86.7 Å². The summed E-state index contributed by atoms with van der Waals surface area (Å²) < 4.78 is 4.67. The predicted octanol–water partition coefficient (Wildman–Crippen LogP) is -1.83. The van der Waals surface area contributed by atoms with Gasteiger partial charge in [0.1, 0.15) is 12.2 Å². The van der Waals surface area contributed by atoms with E-state index in [1.54, 1.807) is 0 Å². The maximum atomic E-state index is 11.1. The Hall–Kier alpha value is -0.100. The van der Waals surface area contributed by atoms with Gasteiger partial charge in [0.05, 0.1) is 5.97 Å². The summed E-state index contributed by atoms with van der Waals surface area (Å²) in [4.78, 5) is 21.9. The minimum absolute atomic E-state index is 0. The van der Waals surface area contributed by atoms with Crippen LogP contribution in [0.3, 0.4) is 0 Å². The Morgan fingerprint density at radius 1 is 1.10 bits per heavy atom. The summed E-state index contributed by atoms with van der Waals surface area (Å²) in [6.07, 6.45) is 5.12. The van der Waals surface area contributed by atoms with E-state index in [0.717, 1.165) is 19.3 Å². The number of aliphatic carboxylic acids is 1. The van der Waals surface area contributed by atoms with Gasteiger partial charge >= 0.3 is 35.5 Å². The third-order valence-corrected chi connectivity index (χ3v) is 2.93. The summed E-state index contributed by atoms with van der Waals surface area (Å²) in [7, 11) is 0. The van der Waals surface area contributed by atoms with E-state index in [1.807, 2.05) is 0 Å². The van der Waals surface area contributed by atoms with Crippen molar-refractivity contribution in [3.05, 3.63) is 0 Å². The zero-order valence-electron chi connectivity index (χ0n) is 12.9. The third kappa shape index (κ3) is 11.7. The van der Waals surface area contributed by atoms with E-state index >= 15 is 0 Å². The second-order valence-corrected chi connectivity index (χ2v) is 4.83. The van der Waals surface area contributed by atoms with Crippen molar-refractivity contribution in [1.29, 1.82) is 0 Å². The Morgan fingerprint density at radius 2 is 1.60 bits per heavy atom. The van der Waals surface area contributed by atoms with Gasteiger partial charge in [-0.2, -0.15) is 0 Å². The van der Waals surface area contributed by atoms with Gasteiger partial charge in [-0.3, -0.25) is 0 Å². The van der Waals surface area contributed by atoms with Crippen LogP contribution in [0.25, 0.3) is 0 Å². The molecule has 0 rings (SSSR count). The molecule has 0 bridgehead atoms. The summed E-state index contributed by atoms with van der Waals surface area (Å²) in [6.45, 7) is 3.39. The molecule has 0 aliphatic heterocycles. The number of hydrogen-bond donors (Lipinski definition) is 1. The molecule has 2 atom stereocenters. The van der Waals surface area contributed by atoms with Crippen LogP contribution in [-0.4, -0.2) is 29.3 Å². The molecule has 112 valence electrons. The smallest absolute Gasteiger partial charge is 0.546 e. The molecule has 0 aliphatic rings. The Labute approximate surface area is 143 Å². The van der Waals surface area contributed by atoms with Gasteiger partial charge in [0, 0.05) is 0 Å². The number of aliphatic hydroxyl groups excluding tert-OH is 1. The quantitative estimate of drug-likeness (QED) is 0.275. The molecule has 0 radical (unpaired) electrons. The van der Waals surface area contributed by atoms with Crippen LogP contribution in [0.4, 0.5) is 0 Å². The van der Waals surface area contributed by atoms with Crippen LogP contribution in [0.15, 0.2) is 0 Å². The van der Waals surface area contributed by atoms with Gasteiger partial charge < -0.3 is 19.7 Å². The SMILES string of the molecule is CCCCCCCCCC(OC(=O)C(C)O)C(=O)[O-].[Na+]. The first-order valence-corrected chi connectivity index (χ1v) is 7.08. The van der Waals surface area contributed by atoms with E-state index in [9.17, 15) is 14.7 Å². The van der Waals surface area contributed by atoms with E-state index in [2.05, 4.69) is 11.7 Å². The van der Waals surface area contributed by atoms with Crippen LogP contribution in [0.5, 0.6) is 0 Å². The monoisotopic (exact) mass is 296 g/mol. The zero-order chi connectivity index (χ0) is 14.7. The number of ether oxygens (including phenoxy) is 1. The molecule has 0 aromatic heterocycles. The molecule has 0 amide bonds. The van der Waals surface area contributed by atoms with Crippen molar-refractivity contribution in [1.82, 2.24) is 0 Å². The molecule has 0 aliphatic carbocycles. The molecule has 0 saturated heterocycles. The van der Waals surface area contributed by atoms with Crippen molar-refractivity contribution in [3.63, 3.8) is 0 Å². The summed E-state index contributed by atoms with van der Waals surface area (Å²) in [5, 5.41) is 19.7. The summed E-state index contributed by atoms with van der Waals surface area (Å²) in [5.41, 5.74) is 0. The molecule has 0 spiro atoms. The molecule has 0 saturated carbocycles. The average Bonchev–Trinajstić information content (AvgIpc) is 2.35. The van der Waals surface area contributed by atoms with Crippen LogP contribution in [0.1, 0.15) is 65.2 Å². The Morgan fingerprint density at radius 3 is 2.05 bits per heavy atom. The molecule has 5 nitrogen and oxygen atoms in total. The third-order valence-electron chi connectivity index (χ3n) is 2.93. The number of rotatable bonds is 11. The van der Waals surface area contributed by atoms with E-state index in [0.29, 0.717) is 6.42 Å². The fourth-order valence-corrected chi connectivity index (χ4v) is 1.75. The molecule has 6 heteroatoms. The van der Waals surface area contributed by atoms with Crippen molar-refractivity contribution in [3.8, 4) is 0 Å². The fraction of sp³-hybridized carbons (Fsp3) is 0.857. The number of unbranched alkanes of at least 4 members (excludes halogenated alkanes) is 6. The number of carboxylic acid groups (broad SMARTS) is 1. The van der Waals surface area contributed by atoms with E-state index in [-0.39, 0.29) is 36.0 Å². The van der Waals surface area contributed by atoms with E-state index in [4.69, 9.17) is 5.11 Å². The first kappa shape index (κ1) is 22.2. The van der Waals surface area contributed by atoms with Gasteiger partial charge in [0.15, 0.2) is 0 Å². The Kier molecular flexibility index (Phi) is 15.4. The van der Waals surface area contributed by atoms with Crippen LogP contribution in [0.2, 0.25) is 0 Å². The minimum Gasteiger partial charge on any atom is -0.546 e. The number of esters is 1. The molecule has 2 unspecified atom stereocenters. The molecule has 0 aromatic carbocycles. The van der Waals surface area contributed by atoms with Gasteiger partial charge in [-0.15, -0.1) is 0 Å². The normalized spacial score (nSPS) is 13.2. The molecular formula is C14H25NaO5. The van der Waals surface area contributed by atoms with Crippen molar-refractivity contribution in [2.45, 2.75) is 77.4 Å². The van der Waals surface area contributed by atoms with Crippen LogP contribution in [0, 0.1) is 0 Å². The molecule has 1 N–H and O–H groups in total. The summed E-state index contributed by atoms with van der Waals surface area (Å²) in [6, 6.07) is 0. The Bertz CT molecular complexity index is 268. The van der Waals surface area contributed by atoms with Crippen LogP contribution >= 0.6 is 0 Å². The molecule has 20 heavy (non-hydrogen) atoms. The van der Waals surface area contributed by atoms with Crippen LogP contribution < -0.4 is 34.7 Å². The van der Waals surface area contributed by atoms with Gasteiger partial charge in [-0.1, -0.05) is 45.4 Å². The fourth-order valence-electron chi connectivity index (χ4n) is 1.75. The van der Waals surface area contributed by atoms with Crippen molar-refractivity contribution in [2.75, 3.05) is 0 Å². The van der Waals surface area contributed by atoms with E-state index in [1.165, 1.54) is 26.2 Å². The summed E-state index contributed by atoms with van der Waals surface area (Å²) >= 11 is 0. The Balaban J connectivity index is 0. The van der Waals surface area contributed by atoms with Crippen molar-refractivity contribution in [2.24, 2.45) is 0 Å². The summed E-state index contributed by atoms with van der Waals surface area (Å²) in [5.74, 6) is -2.32. The minimum atomic E-state index is -1.40. The van der Waals surface area contributed by atoms with Crippen molar-refractivity contribution < 1.29 is 54.1 Å². The van der Waals surface area contributed by atoms with Gasteiger partial charge in [-0.25, -0.2) is 4.79 Å². The van der Waals surface area contributed by atoms with E-state index < -0.39 is 24.1 Å². The maximum absolute atomic E-state index is 11.1. The maximum Gasteiger partial charge on any atom is 1.00 e. The number of hydrogen-bond acceptors (Lipinski definition) is 5.